The standard InChI is InChI=1S/C8H8F3NO3S.CH3ClO2S/c1-16(13,14)15-5-6-3-2-4-7(12-6)8(9,10)11;1-5(2,3)4/h2-4H,5H2,1H3;1H3. The van der Waals surface area contributed by atoms with Gasteiger partial charge < -0.3 is 0 Å². The molecule has 1 aromatic heterocycles. The van der Waals surface area contributed by atoms with Gasteiger partial charge in [0.2, 0.25) is 9.05 Å². The number of alkyl halides is 3. The highest BCUT2D eigenvalue weighted by Crippen LogP contribution is 2.27. The molecule has 1 aromatic rings. The lowest BCUT2D eigenvalue weighted by Crippen LogP contribution is -2.10. The van der Waals surface area contributed by atoms with Crippen LogP contribution in [0.2, 0.25) is 0 Å². The highest BCUT2D eigenvalue weighted by molar-refractivity contribution is 8.13. The molecule has 0 spiro atoms. The first-order chi connectivity index (χ1) is 9.18. The quantitative estimate of drug-likeness (QED) is 0.595. The van der Waals surface area contributed by atoms with Crippen LogP contribution in [0.3, 0.4) is 0 Å². The SMILES string of the molecule is CS(=O)(=O)Cl.CS(=O)(=O)OCc1cccc(C(F)(F)F)n1. The first kappa shape index (κ1) is 20.1. The molecule has 122 valence electrons. The smallest absolute Gasteiger partial charge is 0.264 e. The Kier molecular flexibility index (Phi) is 7.06. The van der Waals surface area contributed by atoms with Crippen molar-refractivity contribution in [2.75, 3.05) is 12.5 Å². The van der Waals surface area contributed by atoms with Crippen LogP contribution in [-0.4, -0.2) is 34.3 Å². The third-order valence-electron chi connectivity index (χ3n) is 1.52. The number of aromatic nitrogens is 1. The fourth-order valence-corrected chi connectivity index (χ4v) is 1.22. The van der Waals surface area contributed by atoms with Gasteiger partial charge >= 0.3 is 6.18 Å². The van der Waals surface area contributed by atoms with Crippen molar-refractivity contribution < 1.29 is 34.2 Å². The van der Waals surface area contributed by atoms with Gasteiger partial charge in [0.15, 0.2) is 0 Å². The van der Waals surface area contributed by atoms with Gasteiger partial charge in [-0.25, -0.2) is 13.4 Å². The zero-order valence-electron chi connectivity index (χ0n) is 10.8. The van der Waals surface area contributed by atoms with E-state index in [-0.39, 0.29) is 5.69 Å². The van der Waals surface area contributed by atoms with Crippen molar-refractivity contribution in [1.82, 2.24) is 4.98 Å². The second-order valence-electron chi connectivity index (χ2n) is 3.66. The molecule has 0 N–H and O–H groups in total. The summed E-state index contributed by atoms with van der Waals surface area (Å²) in [5.41, 5.74) is -1.18. The van der Waals surface area contributed by atoms with Gasteiger partial charge in [-0.3, -0.25) is 4.18 Å². The molecule has 0 aromatic carbocycles. The maximum atomic E-state index is 12.2. The van der Waals surface area contributed by atoms with E-state index in [1.807, 2.05) is 0 Å². The van der Waals surface area contributed by atoms with Gasteiger partial charge in [0.05, 0.1) is 18.2 Å². The van der Waals surface area contributed by atoms with Crippen LogP contribution in [0, 0.1) is 0 Å². The molecular weight excluding hydrogens is 359 g/mol. The Morgan fingerprint density at radius 2 is 1.67 bits per heavy atom. The lowest BCUT2D eigenvalue weighted by atomic mass is 10.3. The molecule has 0 atom stereocenters. The van der Waals surface area contributed by atoms with Crippen molar-refractivity contribution >= 4 is 29.9 Å². The maximum absolute atomic E-state index is 12.2. The number of halogens is 4. The Morgan fingerprint density at radius 3 is 2.05 bits per heavy atom. The molecule has 0 aliphatic heterocycles. The van der Waals surface area contributed by atoms with Gasteiger partial charge in [0.25, 0.3) is 10.1 Å². The van der Waals surface area contributed by atoms with E-state index in [0.29, 0.717) is 0 Å². The number of hydrogen-bond acceptors (Lipinski definition) is 6. The highest BCUT2D eigenvalue weighted by atomic mass is 35.7. The molecule has 12 heteroatoms. The number of nitrogens with zero attached hydrogens (tertiary/aromatic N) is 1. The minimum absolute atomic E-state index is 0.0970. The fourth-order valence-electron chi connectivity index (χ4n) is 0.885. The van der Waals surface area contributed by atoms with E-state index in [1.165, 1.54) is 6.07 Å². The Labute approximate surface area is 124 Å². The van der Waals surface area contributed by atoms with Crippen LogP contribution in [-0.2, 0) is 36.1 Å². The number of rotatable bonds is 3. The van der Waals surface area contributed by atoms with E-state index in [1.54, 1.807) is 0 Å². The van der Waals surface area contributed by atoms with Crippen molar-refractivity contribution in [2.24, 2.45) is 0 Å². The average Bonchev–Trinajstić information content (AvgIpc) is 2.22. The van der Waals surface area contributed by atoms with Crippen LogP contribution in [0.25, 0.3) is 0 Å². The minimum Gasteiger partial charge on any atom is -0.264 e. The average molecular weight is 370 g/mol. The molecule has 0 aliphatic rings. The second kappa shape index (κ2) is 7.38. The Hall–Kier alpha value is -0.910. The van der Waals surface area contributed by atoms with E-state index >= 15 is 0 Å². The summed E-state index contributed by atoms with van der Waals surface area (Å²) >= 11 is 0. The fraction of sp³-hybridized carbons (Fsp3) is 0.444. The molecule has 6 nitrogen and oxygen atoms in total. The van der Waals surface area contributed by atoms with Crippen LogP contribution in [0.15, 0.2) is 18.2 Å². The summed E-state index contributed by atoms with van der Waals surface area (Å²) in [5.74, 6) is 0. The van der Waals surface area contributed by atoms with Gasteiger partial charge in [-0.2, -0.15) is 21.6 Å². The van der Waals surface area contributed by atoms with E-state index in [9.17, 15) is 30.0 Å². The monoisotopic (exact) mass is 369 g/mol. The van der Waals surface area contributed by atoms with Crippen molar-refractivity contribution in [1.29, 1.82) is 0 Å². The van der Waals surface area contributed by atoms with Crippen LogP contribution in [0.1, 0.15) is 11.4 Å². The van der Waals surface area contributed by atoms with Crippen molar-refractivity contribution in [3.63, 3.8) is 0 Å². The van der Waals surface area contributed by atoms with Gasteiger partial charge in [0, 0.05) is 10.7 Å². The molecule has 1 rings (SSSR count). The first-order valence-electron chi connectivity index (χ1n) is 4.95. The largest absolute Gasteiger partial charge is 0.433 e. The minimum atomic E-state index is -4.55. The van der Waals surface area contributed by atoms with Gasteiger partial charge in [-0.1, -0.05) is 6.07 Å². The lowest BCUT2D eigenvalue weighted by Gasteiger charge is -2.07. The zero-order chi connectivity index (χ0) is 16.9. The van der Waals surface area contributed by atoms with Crippen LogP contribution >= 0.6 is 10.7 Å². The Bertz CT molecular complexity index is 665. The molecule has 21 heavy (non-hydrogen) atoms. The summed E-state index contributed by atoms with van der Waals surface area (Å²) in [7, 11) is -2.38. The summed E-state index contributed by atoms with van der Waals surface area (Å²) in [5, 5.41) is 0. The molecule has 0 saturated heterocycles. The summed E-state index contributed by atoms with van der Waals surface area (Å²) in [6.45, 7) is -0.511. The molecule has 0 amide bonds. The van der Waals surface area contributed by atoms with E-state index < -0.39 is 37.6 Å². The van der Waals surface area contributed by atoms with Crippen molar-refractivity contribution in [3.05, 3.63) is 29.6 Å². The van der Waals surface area contributed by atoms with Gasteiger partial charge in [0.1, 0.15) is 12.3 Å². The highest BCUT2D eigenvalue weighted by Gasteiger charge is 2.32. The van der Waals surface area contributed by atoms with Crippen molar-refractivity contribution in [2.45, 2.75) is 12.8 Å². The van der Waals surface area contributed by atoms with Crippen molar-refractivity contribution in [3.8, 4) is 0 Å². The summed E-state index contributed by atoms with van der Waals surface area (Å²) in [6.07, 6.45) is -2.82. The predicted molar refractivity (Wildman–Crippen MR) is 69.6 cm³/mol. The molecular formula is C9H11ClF3NO5S2. The lowest BCUT2D eigenvalue weighted by molar-refractivity contribution is -0.141. The van der Waals surface area contributed by atoms with Crippen LogP contribution in [0.4, 0.5) is 13.2 Å². The summed E-state index contributed by atoms with van der Waals surface area (Å²) < 4.78 is 81.0. The van der Waals surface area contributed by atoms with Gasteiger partial charge in [-0.05, 0) is 12.1 Å². The normalized spacial score (nSPS) is 12.5. The molecule has 0 bridgehead atoms. The molecule has 0 saturated carbocycles. The third kappa shape index (κ3) is 12.5. The second-order valence-corrected chi connectivity index (χ2v) is 8.35. The summed E-state index contributed by atoms with van der Waals surface area (Å²) in [6, 6.07) is 3.18. The molecule has 0 radical (unpaired) electrons. The predicted octanol–water partition coefficient (Wildman–Crippen LogP) is 1.76. The molecule has 0 fully saturated rings. The molecule has 1 heterocycles. The van der Waals surface area contributed by atoms with E-state index in [2.05, 4.69) is 19.8 Å². The third-order valence-corrected chi connectivity index (χ3v) is 2.06. The topological polar surface area (TPSA) is 90.4 Å². The molecule has 0 aliphatic carbocycles. The van der Waals surface area contributed by atoms with E-state index in [4.69, 9.17) is 0 Å². The van der Waals surface area contributed by atoms with Gasteiger partial charge in [-0.15, -0.1) is 0 Å². The maximum Gasteiger partial charge on any atom is 0.433 e. The number of hydrogen-bond donors (Lipinski definition) is 0. The Balaban J connectivity index is 0.000000690. The van der Waals surface area contributed by atoms with Crippen LogP contribution < -0.4 is 0 Å². The van der Waals surface area contributed by atoms with E-state index in [0.717, 1.165) is 24.6 Å². The number of pyridine rings is 1. The zero-order valence-corrected chi connectivity index (χ0v) is 13.1. The Morgan fingerprint density at radius 1 is 1.19 bits per heavy atom. The summed E-state index contributed by atoms with van der Waals surface area (Å²) in [4.78, 5) is 3.23. The molecule has 0 unspecified atom stereocenters. The first-order valence-corrected chi connectivity index (χ1v) is 9.49. The van der Waals surface area contributed by atoms with Crippen LogP contribution in [0.5, 0.6) is 0 Å².